The van der Waals surface area contributed by atoms with E-state index in [2.05, 4.69) is 33.8 Å². The first-order valence-electron chi connectivity index (χ1n) is 8.45. The van der Waals surface area contributed by atoms with Crippen molar-refractivity contribution in [2.45, 2.75) is 72.6 Å². The van der Waals surface area contributed by atoms with E-state index in [1.54, 1.807) is 11.1 Å². The maximum Gasteiger partial charge on any atom is -0.00796 e. The van der Waals surface area contributed by atoms with E-state index in [0.717, 1.165) is 17.8 Å². The average Bonchev–Trinajstić information content (AvgIpc) is 2.38. The fraction of sp³-hybridized carbons (Fsp3) is 0.789. The molecular weight excluding hydrogens is 228 g/mol. The van der Waals surface area contributed by atoms with Gasteiger partial charge in [0.25, 0.3) is 0 Å². The van der Waals surface area contributed by atoms with Crippen LogP contribution in [-0.2, 0) is 0 Å². The second-order valence-corrected chi connectivity index (χ2v) is 7.81. The third kappa shape index (κ3) is 2.12. The lowest BCUT2D eigenvalue weighted by Gasteiger charge is -2.51. The molecule has 3 rings (SSSR count). The van der Waals surface area contributed by atoms with Crippen molar-refractivity contribution in [3.8, 4) is 0 Å². The summed E-state index contributed by atoms with van der Waals surface area (Å²) in [7, 11) is 0. The standard InChI is InChI=1S/C19H30/c1-13(2)15-7-10-18-16(12-15)8-9-17-14(3)6-5-11-19(17,18)4/h12-14,17H,5-11H2,1-4H3. The molecule has 3 atom stereocenters. The Labute approximate surface area is 119 Å². The van der Waals surface area contributed by atoms with Gasteiger partial charge in [0, 0.05) is 0 Å². The van der Waals surface area contributed by atoms with Crippen LogP contribution >= 0.6 is 0 Å². The number of rotatable bonds is 1. The minimum absolute atomic E-state index is 0.546. The van der Waals surface area contributed by atoms with E-state index >= 15 is 0 Å². The highest BCUT2D eigenvalue weighted by Crippen LogP contribution is 2.57. The maximum atomic E-state index is 2.59. The quantitative estimate of drug-likeness (QED) is 0.549. The van der Waals surface area contributed by atoms with Crippen molar-refractivity contribution < 1.29 is 0 Å². The van der Waals surface area contributed by atoms with Gasteiger partial charge in [-0.15, -0.1) is 0 Å². The minimum atomic E-state index is 0.546. The van der Waals surface area contributed by atoms with E-state index in [-0.39, 0.29) is 0 Å². The number of allylic oxidation sites excluding steroid dienone is 4. The lowest BCUT2D eigenvalue weighted by atomic mass is 9.53. The molecule has 106 valence electrons. The van der Waals surface area contributed by atoms with Crippen molar-refractivity contribution in [2.24, 2.45) is 23.2 Å². The van der Waals surface area contributed by atoms with Gasteiger partial charge in [0.05, 0.1) is 0 Å². The van der Waals surface area contributed by atoms with E-state index in [1.165, 1.54) is 44.9 Å². The van der Waals surface area contributed by atoms with Crippen molar-refractivity contribution in [1.82, 2.24) is 0 Å². The maximum absolute atomic E-state index is 2.59. The molecule has 0 aliphatic heterocycles. The monoisotopic (exact) mass is 258 g/mol. The van der Waals surface area contributed by atoms with Gasteiger partial charge in [-0.05, 0) is 60.8 Å². The van der Waals surface area contributed by atoms with E-state index < -0.39 is 0 Å². The highest BCUT2D eigenvalue weighted by Gasteiger charge is 2.46. The van der Waals surface area contributed by atoms with E-state index in [9.17, 15) is 0 Å². The Balaban J connectivity index is 1.97. The molecule has 0 aromatic rings. The molecule has 0 aromatic heterocycles. The van der Waals surface area contributed by atoms with Crippen LogP contribution in [0.5, 0.6) is 0 Å². The van der Waals surface area contributed by atoms with Gasteiger partial charge in [0.2, 0.25) is 0 Å². The van der Waals surface area contributed by atoms with Crippen LogP contribution in [0, 0.1) is 23.2 Å². The summed E-state index contributed by atoms with van der Waals surface area (Å²) in [5.74, 6) is 2.65. The first-order chi connectivity index (χ1) is 9.02. The lowest BCUT2D eigenvalue weighted by molar-refractivity contribution is 0.0781. The molecule has 3 aliphatic rings. The largest absolute Gasteiger partial charge is 0.0671 e. The SMILES string of the molecule is CC(C)C1=CC2=C(CC1)C1(C)CCCC(C)C1CC2. The molecule has 0 radical (unpaired) electrons. The van der Waals surface area contributed by atoms with E-state index in [0.29, 0.717) is 5.41 Å². The van der Waals surface area contributed by atoms with Gasteiger partial charge in [0.1, 0.15) is 0 Å². The Morgan fingerprint density at radius 2 is 1.95 bits per heavy atom. The molecule has 0 aromatic carbocycles. The molecule has 0 N–H and O–H groups in total. The molecule has 3 unspecified atom stereocenters. The van der Waals surface area contributed by atoms with Gasteiger partial charge >= 0.3 is 0 Å². The number of fused-ring (bicyclic) bond motifs is 2. The fourth-order valence-corrected chi connectivity index (χ4v) is 5.24. The van der Waals surface area contributed by atoms with Crippen LogP contribution in [0.3, 0.4) is 0 Å². The Kier molecular flexibility index (Phi) is 3.39. The van der Waals surface area contributed by atoms with Crippen molar-refractivity contribution in [1.29, 1.82) is 0 Å². The van der Waals surface area contributed by atoms with Gasteiger partial charge in [-0.1, -0.05) is 57.8 Å². The topological polar surface area (TPSA) is 0 Å². The summed E-state index contributed by atoms with van der Waals surface area (Å²) in [5, 5.41) is 0. The van der Waals surface area contributed by atoms with Crippen LogP contribution < -0.4 is 0 Å². The molecule has 1 fully saturated rings. The van der Waals surface area contributed by atoms with Gasteiger partial charge in [0.15, 0.2) is 0 Å². The summed E-state index contributed by atoms with van der Waals surface area (Å²) in [4.78, 5) is 0. The van der Waals surface area contributed by atoms with Crippen molar-refractivity contribution >= 4 is 0 Å². The van der Waals surface area contributed by atoms with Crippen LogP contribution in [-0.4, -0.2) is 0 Å². The van der Waals surface area contributed by atoms with Crippen LogP contribution in [0.2, 0.25) is 0 Å². The highest BCUT2D eigenvalue weighted by atomic mass is 14.5. The molecule has 19 heavy (non-hydrogen) atoms. The highest BCUT2D eigenvalue weighted by molar-refractivity contribution is 5.40. The van der Waals surface area contributed by atoms with Gasteiger partial charge in [-0.25, -0.2) is 0 Å². The van der Waals surface area contributed by atoms with Gasteiger partial charge in [-0.3, -0.25) is 0 Å². The second-order valence-electron chi connectivity index (χ2n) is 7.81. The fourth-order valence-electron chi connectivity index (χ4n) is 5.24. The van der Waals surface area contributed by atoms with Crippen LogP contribution in [0.15, 0.2) is 22.8 Å². The minimum Gasteiger partial charge on any atom is -0.0671 e. The summed E-state index contributed by atoms with van der Waals surface area (Å²) < 4.78 is 0. The Bertz CT molecular complexity index is 423. The molecule has 0 heterocycles. The summed E-state index contributed by atoms with van der Waals surface area (Å²) in [6, 6.07) is 0. The number of hydrogen-bond donors (Lipinski definition) is 0. The summed E-state index contributed by atoms with van der Waals surface area (Å²) >= 11 is 0. The van der Waals surface area contributed by atoms with Crippen LogP contribution in [0.1, 0.15) is 72.6 Å². The predicted octanol–water partition coefficient (Wildman–Crippen LogP) is 5.90. The number of hydrogen-bond acceptors (Lipinski definition) is 0. The first-order valence-corrected chi connectivity index (χ1v) is 8.45. The third-order valence-electron chi connectivity index (χ3n) is 6.43. The Morgan fingerprint density at radius 1 is 1.16 bits per heavy atom. The van der Waals surface area contributed by atoms with Crippen molar-refractivity contribution in [3.05, 3.63) is 22.8 Å². The van der Waals surface area contributed by atoms with E-state index in [4.69, 9.17) is 0 Å². The Hall–Kier alpha value is -0.520. The van der Waals surface area contributed by atoms with Crippen LogP contribution in [0.25, 0.3) is 0 Å². The van der Waals surface area contributed by atoms with Gasteiger partial charge < -0.3 is 0 Å². The molecule has 0 saturated heterocycles. The molecule has 0 spiro atoms. The zero-order chi connectivity index (χ0) is 13.6. The first kappa shape index (κ1) is 13.5. The smallest absolute Gasteiger partial charge is 0.00796 e. The normalized spacial score (nSPS) is 38.9. The zero-order valence-electron chi connectivity index (χ0n) is 13.3. The molecule has 0 heteroatoms. The lowest BCUT2D eigenvalue weighted by Crippen LogP contribution is -2.41. The van der Waals surface area contributed by atoms with Gasteiger partial charge in [-0.2, -0.15) is 0 Å². The zero-order valence-corrected chi connectivity index (χ0v) is 13.3. The molecule has 1 saturated carbocycles. The molecule has 0 nitrogen and oxygen atoms in total. The summed E-state index contributed by atoms with van der Waals surface area (Å²) in [5.41, 5.74) is 5.84. The summed E-state index contributed by atoms with van der Waals surface area (Å²) in [6.45, 7) is 9.81. The molecule has 0 amide bonds. The third-order valence-corrected chi connectivity index (χ3v) is 6.43. The molecule has 0 bridgehead atoms. The molecular formula is C19H30. The van der Waals surface area contributed by atoms with E-state index in [1.807, 2.05) is 5.57 Å². The predicted molar refractivity (Wildman–Crippen MR) is 83.0 cm³/mol. The average molecular weight is 258 g/mol. The molecule has 3 aliphatic carbocycles. The Morgan fingerprint density at radius 3 is 2.68 bits per heavy atom. The summed E-state index contributed by atoms with van der Waals surface area (Å²) in [6.07, 6.45) is 12.4. The van der Waals surface area contributed by atoms with Crippen molar-refractivity contribution in [3.63, 3.8) is 0 Å². The van der Waals surface area contributed by atoms with Crippen molar-refractivity contribution in [2.75, 3.05) is 0 Å². The van der Waals surface area contributed by atoms with Crippen LogP contribution in [0.4, 0.5) is 0 Å². The second kappa shape index (κ2) is 4.79.